The molecule has 1 fully saturated rings. The summed E-state index contributed by atoms with van der Waals surface area (Å²) in [5.41, 5.74) is 7.82. The predicted octanol–water partition coefficient (Wildman–Crippen LogP) is 1.63. The lowest BCUT2D eigenvalue weighted by molar-refractivity contribution is -0.119. The van der Waals surface area contributed by atoms with Gasteiger partial charge in [0.2, 0.25) is 5.91 Å². The van der Waals surface area contributed by atoms with E-state index in [1.165, 1.54) is 5.56 Å². The minimum Gasteiger partial charge on any atom is -0.497 e. The fourth-order valence-corrected chi connectivity index (χ4v) is 2.79. The standard InChI is InChI=1S/C16H25N3O2/c1-12(20)18-10-13-3-5-19(6-4-13)11-14-7-15(17)9-16(8-14)21-2/h7-9,13H,3-6,10-11,17H2,1-2H3,(H,18,20). The van der Waals surface area contributed by atoms with E-state index < -0.39 is 0 Å². The number of rotatable bonds is 5. The van der Waals surface area contributed by atoms with Crippen LogP contribution in [0.4, 0.5) is 5.69 Å². The Bertz CT molecular complexity index is 482. The number of nitrogens with one attached hydrogen (secondary N) is 1. The molecule has 5 heteroatoms. The topological polar surface area (TPSA) is 67.6 Å². The smallest absolute Gasteiger partial charge is 0.216 e. The van der Waals surface area contributed by atoms with Crippen molar-refractivity contribution in [3.05, 3.63) is 23.8 Å². The number of amides is 1. The highest BCUT2D eigenvalue weighted by Crippen LogP contribution is 2.22. The predicted molar refractivity (Wildman–Crippen MR) is 84.1 cm³/mol. The van der Waals surface area contributed by atoms with Crippen LogP contribution in [0.15, 0.2) is 18.2 Å². The monoisotopic (exact) mass is 291 g/mol. The van der Waals surface area contributed by atoms with Crippen molar-refractivity contribution >= 4 is 11.6 Å². The number of nitrogen functional groups attached to an aromatic ring is 1. The molecule has 1 saturated heterocycles. The van der Waals surface area contributed by atoms with Crippen LogP contribution >= 0.6 is 0 Å². The molecule has 2 rings (SSSR count). The van der Waals surface area contributed by atoms with Crippen molar-refractivity contribution in [2.45, 2.75) is 26.3 Å². The Morgan fingerprint density at radius 2 is 2.10 bits per heavy atom. The molecule has 0 radical (unpaired) electrons. The van der Waals surface area contributed by atoms with E-state index >= 15 is 0 Å². The Morgan fingerprint density at radius 3 is 2.71 bits per heavy atom. The number of carbonyl (C=O) groups is 1. The maximum absolute atomic E-state index is 10.9. The number of ether oxygens (including phenoxy) is 1. The summed E-state index contributed by atoms with van der Waals surface area (Å²) >= 11 is 0. The molecule has 0 unspecified atom stereocenters. The number of anilines is 1. The Hall–Kier alpha value is -1.75. The van der Waals surface area contributed by atoms with Crippen LogP contribution in [0.5, 0.6) is 5.75 Å². The fourth-order valence-electron chi connectivity index (χ4n) is 2.79. The zero-order valence-corrected chi connectivity index (χ0v) is 12.9. The first kappa shape index (κ1) is 15.6. The van der Waals surface area contributed by atoms with Gasteiger partial charge in [-0.05, 0) is 49.5 Å². The first-order chi connectivity index (χ1) is 10.1. The average Bonchev–Trinajstić information content (AvgIpc) is 2.46. The number of methoxy groups -OCH3 is 1. The van der Waals surface area contributed by atoms with Crippen LogP contribution in [0.2, 0.25) is 0 Å². The quantitative estimate of drug-likeness (QED) is 0.809. The zero-order chi connectivity index (χ0) is 15.2. The molecule has 1 aromatic carbocycles. The van der Waals surface area contributed by atoms with Crippen molar-refractivity contribution in [3.8, 4) is 5.75 Å². The number of likely N-dealkylation sites (tertiary alicyclic amines) is 1. The molecular weight excluding hydrogens is 266 g/mol. The van der Waals surface area contributed by atoms with Crippen molar-refractivity contribution in [1.29, 1.82) is 0 Å². The molecule has 1 aliphatic rings. The molecule has 0 atom stereocenters. The first-order valence-corrected chi connectivity index (χ1v) is 7.47. The highest BCUT2D eigenvalue weighted by Gasteiger charge is 2.19. The Morgan fingerprint density at radius 1 is 1.38 bits per heavy atom. The molecule has 0 aliphatic carbocycles. The normalized spacial score (nSPS) is 16.7. The summed E-state index contributed by atoms with van der Waals surface area (Å²) < 4.78 is 5.26. The molecule has 21 heavy (non-hydrogen) atoms. The van der Waals surface area contributed by atoms with Crippen molar-refractivity contribution in [3.63, 3.8) is 0 Å². The average molecular weight is 291 g/mol. The summed E-state index contributed by atoms with van der Waals surface area (Å²) in [5.74, 6) is 1.47. The third-order valence-corrected chi connectivity index (χ3v) is 3.98. The third kappa shape index (κ3) is 4.93. The van der Waals surface area contributed by atoms with Crippen molar-refractivity contribution in [2.75, 3.05) is 32.5 Å². The maximum atomic E-state index is 10.9. The summed E-state index contributed by atoms with van der Waals surface area (Å²) in [6.45, 7) is 5.38. The van der Waals surface area contributed by atoms with Gasteiger partial charge in [0, 0.05) is 31.8 Å². The lowest BCUT2D eigenvalue weighted by atomic mass is 9.96. The van der Waals surface area contributed by atoms with E-state index in [9.17, 15) is 4.79 Å². The lowest BCUT2D eigenvalue weighted by Gasteiger charge is -2.32. The van der Waals surface area contributed by atoms with Crippen molar-refractivity contribution in [2.24, 2.45) is 5.92 Å². The minimum absolute atomic E-state index is 0.0595. The van der Waals surface area contributed by atoms with Crippen LogP contribution in [-0.4, -0.2) is 37.6 Å². The van der Waals surface area contributed by atoms with E-state index in [-0.39, 0.29) is 5.91 Å². The van der Waals surface area contributed by atoms with E-state index in [0.717, 1.165) is 50.5 Å². The van der Waals surface area contributed by atoms with Gasteiger partial charge in [-0.2, -0.15) is 0 Å². The second-order valence-corrected chi connectivity index (χ2v) is 5.77. The Labute approximate surface area is 126 Å². The lowest BCUT2D eigenvalue weighted by Crippen LogP contribution is -2.37. The molecule has 5 nitrogen and oxygen atoms in total. The van der Waals surface area contributed by atoms with Gasteiger partial charge in [0.05, 0.1) is 7.11 Å². The molecular formula is C16H25N3O2. The van der Waals surface area contributed by atoms with Gasteiger partial charge < -0.3 is 15.8 Å². The summed E-state index contributed by atoms with van der Waals surface area (Å²) in [7, 11) is 1.66. The molecule has 0 aromatic heterocycles. The molecule has 0 spiro atoms. The highest BCUT2D eigenvalue weighted by atomic mass is 16.5. The number of hydrogen-bond acceptors (Lipinski definition) is 4. The summed E-state index contributed by atoms with van der Waals surface area (Å²) in [6.07, 6.45) is 2.25. The van der Waals surface area contributed by atoms with Crippen molar-refractivity contribution < 1.29 is 9.53 Å². The van der Waals surface area contributed by atoms with Gasteiger partial charge in [0.25, 0.3) is 0 Å². The fraction of sp³-hybridized carbons (Fsp3) is 0.562. The molecule has 1 amide bonds. The Balaban J connectivity index is 1.83. The maximum Gasteiger partial charge on any atom is 0.216 e. The number of carbonyl (C=O) groups excluding carboxylic acids is 1. The molecule has 0 saturated carbocycles. The number of nitrogens with zero attached hydrogens (tertiary/aromatic N) is 1. The van der Waals surface area contributed by atoms with Gasteiger partial charge in [0.1, 0.15) is 5.75 Å². The third-order valence-electron chi connectivity index (χ3n) is 3.98. The molecule has 116 valence electrons. The second kappa shape index (κ2) is 7.31. The molecule has 0 bridgehead atoms. The van der Waals surface area contributed by atoms with E-state index in [0.29, 0.717) is 5.92 Å². The second-order valence-electron chi connectivity index (χ2n) is 5.77. The summed E-state index contributed by atoms with van der Waals surface area (Å²) in [6, 6.07) is 5.88. The number of benzene rings is 1. The van der Waals surface area contributed by atoms with Gasteiger partial charge in [0.15, 0.2) is 0 Å². The molecule has 1 heterocycles. The molecule has 3 N–H and O–H groups in total. The van der Waals surface area contributed by atoms with Crippen molar-refractivity contribution in [1.82, 2.24) is 10.2 Å². The van der Waals surface area contributed by atoms with E-state index in [2.05, 4.69) is 10.2 Å². The van der Waals surface area contributed by atoms with E-state index in [4.69, 9.17) is 10.5 Å². The van der Waals surface area contributed by atoms with E-state index in [1.54, 1.807) is 14.0 Å². The van der Waals surface area contributed by atoms with Crippen LogP contribution in [0.25, 0.3) is 0 Å². The van der Waals surface area contributed by atoms with Crippen LogP contribution < -0.4 is 15.8 Å². The Kier molecular flexibility index (Phi) is 5.44. The summed E-state index contributed by atoms with van der Waals surface area (Å²) in [4.78, 5) is 13.4. The largest absolute Gasteiger partial charge is 0.497 e. The number of hydrogen-bond donors (Lipinski definition) is 2. The van der Waals surface area contributed by atoms with Gasteiger partial charge in [-0.1, -0.05) is 0 Å². The number of piperidine rings is 1. The molecule has 1 aliphatic heterocycles. The highest BCUT2D eigenvalue weighted by molar-refractivity contribution is 5.72. The van der Waals surface area contributed by atoms with Crippen LogP contribution in [0, 0.1) is 5.92 Å². The summed E-state index contributed by atoms with van der Waals surface area (Å²) in [5, 5.41) is 2.91. The molecule has 1 aromatic rings. The van der Waals surface area contributed by atoms with Gasteiger partial charge in [-0.15, -0.1) is 0 Å². The zero-order valence-electron chi connectivity index (χ0n) is 12.9. The van der Waals surface area contributed by atoms with Gasteiger partial charge in [-0.3, -0.25) is 9.69 Å². The van der Waals surface area contributed by atoms with Crippen LogP contribution in [-0.2, 0) is 11.3 Å². The SMILES string of the molecule is COc1cc(N)cc(CN2CCC(CNC(C)=O)CC2)c1. The minimum atomic E-state index is 0.0595. The number of nitrogens with two attached hydrogens (primary N) is 1. The van der Waals surface area contributed by atoms with Gasteiger partial charge >= 0.3 is 0 Å². The van der Waals surface area contributed by atoms with Crippen LogP contribution in [0.3, 0.4) is 0 Å². The van der Waals surface area contributed by atoms with Gasteiger partial charge in [-0.25, -0.2) is 0 Å². The van der Waals surface area contributed by atoms with E-state index in [1.807, 2.05) is 18.2 Å². The van der Waals surface area contributed by atoms with Crippen LogP contribution in [0.1, 0.15) is 25.3 Å². The first-order valence-electron chi connectivity index (χ1n) is 7.47.